The van der Waals surface area contributed by atoms with Gasteiger partial charge in [-0.05, 0) is 44.9 Å². The number of methoxy groups -OCH3 is 1. The molecule has 0 aliphatic carbocycles. The molecule has 0 bridgehead atoms. The average molecular weight is 685 g/mol. The monoisotopic (exact) mass is 684 g/mol. The highest BCUT2D eigenvalue weighted by Gasteiger charge is 2.32. The Morgan fingerprint density at radius 3 is 1.79 bits per heavy atom. The van der Waals surface area contributed by atoms with Crippen LogP contribution < -0.4 is 4.74 Å². The first kappa shape index (κ1) is 41.3. The summed E-state index contributed by atoms with van der Waals surface area (Å²) in [5.74, 6) is -1.15. The van der Waals surface area contributed by atoms with Crippen LogP contribution in [0.2, 0.25) is 0 Å². The maximum absolute atomic E-state index is 13.4. The Bertz CT molecular complexity index is 1060. The molecule has 2 unspecified atom stereocenters. The molecule has 0 amide bonds. The molecular weight excluding hydrogens is 628 g/mol. The number of benzene rings is 1. The van der Waals surface area contributed by atoms with Crippen LogP contribution in [0.5, 0.6) is 5.75 Å². The number of β-amino-alcohol motifs (C(OH)–C–C–N with tert-alkyl or cyclic N) is 2. The minimum Gasteiger partial charge on any atom is -0.491 e. The molecule has 15 nitrogen and oxygen atoms in total. The first-order valence-electron chi connectivity index (χ1n) is 16.7. The minimum atomic E-state index is -1.60. The first-order chi connectivity index (χ1) is 23.1. The van der Waals surface area contributed by atoms with Gasteiger partial charge >= 0.3 is 17.9 Å². The summed E-state index contributed by atoms with van der Waals surface area (Å²) in [7, 11) is 1.49. The van der Waals surface area contributed by atoms with E-state index in [0.717, 1.165) is 5.56 Å². The zero-order valence-electron chi connectivity index (χ0n) is 29.0. The smallest absolute Gasteiger partial charge is 0.325 e. The van der Waals surface area contributed by atoms with Crippen molar-refractivity contribution < 1.29 is 53.4 Å². The van der Waals surface area contributed by atoms with E-state index in [1.165, 1.54) is 7.11 Å². The molecule has 1 aliphatic rings. The summed E-state index contributed by atoms with van der Waals surface area (Å²) in [6.07, 6.45) is -1.26. The SMILES string of the molecule is CCOCCOc1ccc(CC(C(=O)OCC)N2CCN(CC(=O)O)CCN(C(COC)C(=O)OCC)CCN(CC(O)O)CC2)cc1. The summed E-state index contributed by atoms with van der Waals surface area (Å²) < 4.78 is 27.2. The van der Waals surface area contributed by atoms with Gasteiger partial charge in [-0.25, -0.2) is 0 Å². The van der Waals surface area contributed by atoms with E-state index >= 15 is 0 Å². The number of hydrogen-bond donors (Lipinski definition) is 3. The van der Waals surface area contributed by atoms with Crippen LogP contribution in [0.3, 0.4) is 0 Å². The van der Waals surface area contributed by atoms with Gasteiger partial charge in [0.05, 0.1) is 33.0 Å². The maximum Gasteiger partial charge on any atom is 0.325 e. The molecule has 0 radical (unpaired) electrons. The lowest BCUT2D eigenvalue weighted by atomic mass is 10.0. The minimum absolute atomic E-state index is 0.0456. The number of nitrogens with zero attached hydrogens (tertiary/aromatic N) is 4. The molecule has 15 heteroatoms. The summed E-state index contributed by atoms with van der Waals surface area (Å²) in [5.41, 5.74) is 0.889. The van der Waals surface area contributed by atoms with E-state index in [9.17, 15) is 29.7 Å². The van der Waals surface area contributed by atoms with Crippen molar-refractivity contribution in [3.05, 3.63) is 29.8 Å². The second-order valence-electron chi connectivity index (χ2n) is 11.4. The Hall–Kier alpha value is -2.89. The quantitative estimate of drug-likeness (QED) is 0.0991. The van der Waals surface area contributed by atoms with Crippen molar-refractivity contribution in [2.75, 3.05) is 112 Å². The van der Waals surface area contributed by atoms with Gasteiger partial charge in [0, 0.05) is 72.6 Å². The lowest BCUT2D eigenvalue weighted by molar-refractivity contribution is -0.152. The maximum atomic E-state index is 13.4. The Kier molecular flexibility index (Phi) is 20.2. The first-order valence-corrected chi connectivity index (χ1v) is 16.7. The fourth-order valence-corrected chi connectivity index (χ4v) is 5.54. The predicted octanol–water partition coefficient (Wildman–Crippen LogP) is -0.229. The number of aliphatic carboxylic acids is 1. The van der Waals surface area contributed by atoms with E-state index in [1.807, 2.05) is 45.9 Å². The molecule has 0 spiro atoms. The standard InChI is InChI=1S/C33H56N4O11/c1-5-45-20-21-48-27-10-8-26(9-11-27)22-28(32(42)46-6-2)36-16-12-34(23-30(38)39)14-18-37(29(25-44-4)33(43)47-7-3)19-15-35(13-17-36)24-31(40)41/h8-11,28-30,38-39H,5-7,12-25H2,1-4H3,(H,40,41). The number of esters is 2. The summed E-state index contributed by atoms with van der Waals surface area (Å²) in [6, 6.07) is 6.08. The third-order valence-corrected chi connectivity index (χ3v) is 7.97. The number of carboxylic acid groups (broad SMARTS) is 1. The van der Waals surface area contributed by atoms with Crippen LogP contribution in [-0.2, 0) is 39.8 Å². The summed E-state index contributed by atoms with van der Waals surface area (Å²) in [4.78, 5) is 45.7. The fraction of sp³-hybridized carbons (Fsp3) is 0.727. The van der Waals surface area contributed by atoms with E-state index in [4.69, 9.17) is 23.7 Å². The normalized spacial score (nSPS) is 17.6. The van der Waals surface area contributed by atoms with Gasteiger partial charge in [0.1, 0.15) is 24.4 Å². The van der Waals surface area contributed by atoms with Crippen LogP contribution in [0.15, 0.2) is 24.3 Å². The molecule has 1 aromatic rings. The van der Waals surface area contributed by atoms with Crippen molar-refractivity contribution in [3.63, 3.8) is 0 Å². The molecule has 0 saturated carbocycles. The van der Waals surface area contributed by atoms with Crippen molar-refractivity contribution in [3.8, 4) is 5.75 Å². The lowest BCUT2D eigenvalue weighted by Gasteiger charge is -2.37. The number of ether oxygens (including phenoxy) is 5. The van der Waals surface area contributed by atoms with E-state index in [-0.39, 0.29) is 32.9 Å². The molecular formula is C33H56N4O11. The molecule has 1 aliphatic heterocycles. The fourth-order valence-electron chi connectivity index (χ4n) is 5.54. The zero-order valence-corrected chi connectivity index (χ0v) is 29.0. The van der Waals surface area contributed by atoms with Crippen molar-refractivity contribution in [2.45, 2.75) is 45.6 Å². The van der Waals surface area contributed by atoms with Gasteiger partial charge in [0.25, 0.3) is 0 Å². The van der Waals surface area contributed by atoms with Crippen molar-refractivity contribution in [2.24, 2.45) is 0 Å². The van der Waals surface area contributed by atoms with Gasteiger partial charge in [-0.15, -0.1) is 0 Å². The Balaban J connectivity index is 2.36. The number of carbonyl (C=O) groups excluding carboxylic acids is 2. The van der Waals surface area contributed by atoms with E-state index in [2.05, 4.69) is 0 Å². The van der Waals surface area contributed by atoms with Gasteiger partial charge < -0.3 is 39.0 Å². The molecule has 1 fully saturated rings. The molecule has 3 N–H and O–H groups in total. The van der Waals surface area contributed by atoms with Crippen molar-refractivity contribution in [1.29, 1.82) is 0 Å². The van der Waals surface area contributed by atoms with Crippen molar-refractivity contribution in [1.82, 2.24) is 19.6 Å². The van der Waals surface area contributed by atoms with Gasteiger partial charge in [-0.3, -0.25) is 34.0 Å². The number of carboxylic acids is 1. The molecule has 2 rings (SSSR count). The molecule has 2 atom stereocenters. The molecule has 274 valence electrons. The van der Waals surface area contributed by atoms with Crippen LogP contribution >= 0.6 is 0 Å². The third kappa shape index (κ3) is 15.6. The van der Waals surface area contributed by atoms with Crippen LogP contribution in [0, 0.1) is 0 Å². The predicted molar refractivity (Wildman–Crippen MR) is 177 cm³/mol. The summed E-state index contributed by atoms with van der Waals surface area (Å²) in [6.45, 7) is 9.84. The van der Waals surface area contributed by atoms with Gasteiger partial charge in [0.2, 0.25) is 0 Å². The van der Waals surface area contributed by atoms with E-state index < -0.39 is 36.3 Å². The van der Waals surface area contributed by atoms with Gasteiger partial charge in [0.15, 0.2) is 6.29 Å². The highest BCUT2D eigenvalue weighted by Crippen LogP contribution is 2.17. The molecule has 48 heavy (non-hydrogen) atoms. The largest absolute Gasteiger partial charge is 0.491 e. The van der Waals surface area contributed by atoms with Crippen LogP contribution in [0.4, 0.5) is 0 Å². The molecule has 1 heterocycles. The lowest BCUT2D eigenvalue weighted by Crippen LogP contribution is -2.55. The van der Waals surface area contributed by atoms with Gasteiger partial charge in [-0.1, -0.05) is 12.1 Å². The van der Waals surface area contributed by atoms with E-state index in [1.54, 1.807) is 18.7 Å². The number of aliphatic hydroxyl groups is 2. The number of aliphatic hydroxyl groups excluding tert-OH is 1. The van der Waals surface area contributed by atoms with Crippen LogP contribution in [0.1, 0.15) is 26.3 Å². The number of hydrogen-bond acceptors (Lipinski definition) is 14. The second-order valence-corrected chi connectivity index (χ2v) is 11.4. The van der Waals surface area contributed by atoms with Gasteiger partial charge in [-0.2, -0.15) is 0 Å². The highest BCUT2D eigenvalue weighted by atomic mass is 16.5. The Labute approximate surface area is 284 Å². The Morgan fingerprint density at radius 2 is 1.29 bits per heavy atom. The average Bonchev–Trinajstić information content (AvgIpc) is 3.04. The Morgan fingerprint density at radius 1 is 0.750 bits per heavy atom. The topological polar surface area (TPSA) is 171 Å². The molecule has 1 aromatic carbocycles. The zero-order chi connectivity index (χ0) is 35.3. The number of rotatable bonds is 19. The summed E-state index contributed by atoms with van der Waals surface area (Å²) >= 11 is 0. The third-order valence-electron chi connectivity index (χ3n) is 7.97. The molecule has 0 aromatic heterocycles. The highest BCUT2D eigenvalue weighted by molar-refractivity contribution is 5.76. The van der Waals surface area contributed by atoms with Crippen molar-refractivity contribution >= 4 is 17.9 Å². The summed E-state index contributed by atoms with van der Waals surface area (Å²) in [5, 5.41) is 29.5. The van der Waals surface area contributed by atoms with E-state index in [0.29, 0.717) is 84.3 Å². The second kappa shape index (κ2) is 23.5. The number of carbonyl (C=O) groups is 3. The van der Waals surface area contributed by atoms with Crippen LogP contribution in [0.25, 0.3) is 0 Å². The van der Waals surface area contributed by atoms with Crippen LogP contribution in [-0.4, -0.2) is 183 Å². The molecule has 1 saturated heterocycles.